The number of amides is 1. The van der Waals surface area contributed by atoms with E-state index >= 15 is 0 Å². The van der Waals surface area contributed by atoms with Crippen LogP contribution in [0, 0.1) is 19.8 Å². The Morgan fingerprint density at radius 1 is 1.06 bits per heavy atom. The first kappa shape index (κ1) is 23.5. The molecule has 0 fully saturated rings. The lowest BCUT2D eigenvalue weighted by molar-refractivity contribution is 0.0609. The Morgan fingerprint density at radius 2 is 1.72 bits per heavy atom. The molecule has 0 saturated carbocycles. The topological polar surface area (TPSA) is 81.5 Å². The highest BCUT2D eigenvalue weighted by molar-refractivity contribution is 5.94. The standard InChI is InChI=1S/C26H33N3O3/c1-18(2)23(28(16-8-15-27)25(30)22-13-11-19(3)12-14-22)24-20(4)32-26(31)29(24)17-21-9-6-5-7-10-21/h5-7,9-14,18,23H,8,15-17,27H2,1-4H3. The average molecular weight is 436 g/mol. The molecule has 170 valence electrons. The molecule has 0 spiro atoms. The predicted molar refractivity (Wildman–Crippen MR) is 127 cm³/mol. The van der Waals surface area contributed by atoms with E-state index in [0.717, 1.165) is 16.8 Å². The Balaban J connectivity index is 2.08. The number of hydrogen-bond acceptors (Lipinski definition) is 4. The van der Waals surface area contributed by atoms with Gasteiger partial charge in [-0.15, -0.1) is 0 Å². The quantitative estimate of drug-likeness (QED) is 0.543. The maximum absolute atomic E-state index is 13.6. The molecule has 2 N–H and O–H groups in total. The van der Waals surface area contributed by atoms with Gasteiger partial charge in [-0.25, -0.2) is 4.79 Å². The third kappa shape index (κ3) is 5.19. The van der Waals surface area contributed by atoms with Gasteiger partial charge >= 0.3 is 5.76 Å². The van der Waals surface area contributed by atoms with E-state index in [9.17, 15) is 9.59 Å². The smallest absolute Gasteiger partial charge is 0.413 e. The SMILES string of the molecule is Cc1ccc(C(=O)N(CCCN)C(c2c(C)oc(=O)n2Cc2ccccc2)C(C)C)cc1. The number of nitrogens with two attached hydrogens (primary N) is 1. The lowest BCUT2D eigenvalue weighted by Crippen LogP contribution is -2.40. The zero-order valence-corrected chi connectivity index (χ0v) is 19.4. The van der Waals surface area contributed by atoms with Gasteiger partial charge in [0.2, 0.25) is 0 Å². The second-order valence-corrected chi connectivity index (χ2v) is 8.58. The van der Waals surface area contributed by atoms with E-state index in [1.54, 1.807) is 11.5 Å². The van der Waals surface area contributed by atoms with Crippen LogP contribution in [0.25, 0.3) is 0 Å². The minimum absolute atomic E-state index is 0.0555. The van der Waals surface area contributed by atoms with Crippen molar-refractivity contribution < 1.29 is 9.21 Å². The van der Waals surface area contributed by atoms with Crippen molar-refractivity contribution in [3.8, 4) is 0 Å². The first-order valence-corrected chi connectivity index (χ1v) is 11.1. The molecule has 0 saturated heterocycles. The summed E-state index contributed by atoms with van der Waals surface area (Å²) in [5.74, 6) is 0.115. The van der Waals surface area contributed by atoms with Gasteiger partial charge in [-0.1, -0.05) is 61.9 Å². The molecule has 6 nitrogen and oxygen atoms in total. The number of oxazole rings is 1. The van der Waals surface area contributed by atoms with Crippen LogP contribution in [0.2, 0.25) is 0 Å². The summed E-state index contributed by atoms with van der Waals surface area (Å²) in [5, 5.41) is 0. The monoisotopic (exact) mass is 435 g/mol. The average Bonchev–Trinajstić information content (AvgIpc) is 3.04. The molecule has 32 heavy (non-hydrogen) atoms. The van der Waals surface area contributed by atoms with Crippen molar-refractivity contribution >= 4 is 5.91 Å². The molecule has 3 aromatic rings. The molecule has 3 rings (SSSR count). The van der Waals surface area contributed by atoms with Crippen LogP contribution in [-0.2, 0) is 6.54 Å². The van der Waals surface area contributed by atoms with Crippen molar-refractivity contribution in [1.29, 1.82) is 0 Å². The van der Waals surface area contributed by atoms with Crippen molar-refractivity contribution in [3.63, 3.8) is 0 Å². The third-order valence-electron chi connectivity index (χ3n) is 5.71. The summed E-state index contributed by atoms with van der Waals surface area (Å²) in [6.07, 6.45) is 0.667. The molecule has 0 aliphatic heterocycles. The number of aromatic nitrogens is 1. The molecule has 0 aliphatic rings. The summed E-state index contributed by atoms with van der Waals surface area (Å²) in [6.45, 7) is 9.27. The molecule has 1 amide bonds. The van der Waals surface area contributed by atoms with E-state index in [4.69, 9.17) is 10.2 Å². The zero-order chi connectivity index (χ0) is 23.3. The fourth-order valence-corrected chi connectivity index (χ4v) is 4.12. The van der Waals surface area contributed by atoms with Crippen LogP contribution in [0.4, 0.5) is 0 Å². The highest BCUT2D eigenvalue weighted by atomic mass is 16.4. The lowest BCUT2D eigenvalue weighted by atomic mass is 9.96. The lowest BCUT2D eigenvalue weighted by Gasteiger charge is -2.35. The van der Waals surface area contributed by atoms with Gasteiger partial charge in [0, 0.05) is 12.1 Å². The summed E-state index contributed by atoms with van der Waals surface area (Å²) < 4.78 is 7.21. The molecule has 0 aliphatic carbocycles. The Morgan fingerprint density at radius 3 is 2.31 bits per heavy atom. The van der Waals surface area contributed by atoms with Gasteiger partial charge in [0.25, 0.3) is 5.91 Å². The number of hydrogen-bond donors (Lipinski definition) is 1. The van der Waals surface area contributed by atoms with E-state index in [1.165, 1.54) is 0 Å². The molecule has 2 aromatic carbocycles. The van der Waals surface area contributed by atoms with Crippen molar-refractivity contribution in [2.24, 2.45) is 11.7 Å². The van der Waals surface area contributed by atoms with Crippen molar-refractivity contribution in [2.45, 2.75) is 46.7 Å². The van der Waals surface area contributed by atoms with E-state index in [1.807, 2.05) is 66.4 Å². The Bertz CT molecular complexity index is 1080. The second-order valence-electron chi connectivity index (χ2n) is 8.58. The van der Waals surface area contributed by atoms with Crippen LogP contribution in [0.5, 0.6) is 0 Å². The van der Waals surface area contributed by atoms with Gasteiger partial charge in [-0.2, -0.15) is 0 Å². The van der Waals surface area contributed by atoms with Crippen LogP contribution in [0.15, 0.2) is 63.8 Å². The summed E-state index contributed by atoms with van der Waals surface area (Å²) in [4.78, 5) is 28.3. The molecule has 0 radical (unpaired) electrons. The first-order valence-electron chi connectivity index (χ1n) is 11.1. The largest absolute Gasteiger partial charge is 0.419 e. The summed E-state index contributed by atoms with van der Waals surface area (Å²) in [5.41, 5.74) is 9.26. The number of aryl methyl sites for hydroxylation is 2. The van der Waals surface area contributed by atoms with Crippen LogP contribution in [0.1, 0.15) is 59.2 Å². The molecule has 1 aromatic heterocycles. The number of carbonyl (C=O) groups excluding carboxylic acids is 1. The molecule has 6 heteroatoms. The minimum Gasteiger partial charge on any atom is -0.413 e. The van der Waals surface area contributed by atoms with E-state index < -0.39 is 5.76 Å². The van der Waals surface area contributed by atoms with Crippen LogP contribution in [0.3, 0.4) is 0 Å². The van der Waals surface area contributed by atoms with Gasteiger partial charge in [-0.05, 0) is 50.4 Å². The normalized spacial score (nSPS) is 12.2. The van der Waals surface area contributed by atoms with Crippen molar-refractivity contribution in [1.82, 2.24) is 9.47 Å². The fourth-order valence-electron chi connectivity index (χ4n) is 4.12. The molecular weight excluding hydrogens is 402 g/mol. The van der Waals surface area contributed by atoms with E-state index in [0.29, 0.717) is 37.4 Å². The number of carbonyl (C=O) groups is 1. The zero-order valence-electron chi connectivity index (χ0n) is 19.4. The highest BCUT2D eigenvalue weighted by Gasteiger charge is 2.33. The number of nitrogens with zero attached hydrogens (tertiary/aromatic N) is 2. The second kappa shape index (κ2) is 10.5. The third-order valence-corrected chi connectivity index (χ3v) is 5.71. The van der Waals surface area contributed by atoms with Gasteiger partial charge in [0.15, 0.2) is 0 Å². The minimum atomic E-state index is -0.409. The van der Waals surface area contributed by atoms with Crippen LogP contribution >= 0.6 is 0 Å². The van der Waals surface area contributed by atoms with E-state index in [-0.39, 0.29) is 17.9 Å². The van der Waals surface area contributed by atoms with Crippen molar-refractivity contribution in [3.05, 3.63) is 93.3 Å². The number of rotatable bonds is 9. The van der Waals surface area contributed by atoms with Gasteiger partial charge in [0.05, 0.1) is 18.3 Å². The Labute approximate surface area is 189 Å². The van der Waals surface area contributed by atoms with Crippen molar-refractivity contribution in [2.75, 3.05) is 13.1 Å². The fraction of sp³-hybridized carbons (Fsp3) is 0.385. The predicted octanol–water partition coefficient (Wildman–Crippen LogP) is 4.29. The first-order chi connectivity index (χ1) is 15.3. The number of benzene rings is 2. The maximum Gasteiger partial charge on any atom is 0.419 e. The summed E-state index contributed by atoms with van der Waals surface area (Å²) >= 11 is 0. The highest BCUT2D eigenvalue weighted by Crippen LogP contribution is 2.32. The molecule has 1 atom stereocenters. The van der Waals surface area contributed by atoms with Gasteiger partial charge < -0.3 is 15.1 Å². The summed E-state index contributed by atoms with van der Waals surface area (Å²) in [6, 6.07) is 17.0. The van der Waals surface area contributed by atoms with Crippen LogP contribution in [-0.4, -0.2) is 28.5 Å². The maximum atomic E-state index is 13.6. The summed E-state index contributed by atoms with van der Waals surface area (Å²) in [7, 11) is 0. The van der Waals surface area contributed by atoms with Gasteiger partial charge in [0.1, 0.15) is 5.76 Å². The molecule has 1 unspecified atom stereocenters. The molecular formula is C26H33N3O3. The Kier molecular flexibility index (Phi) is 7.70. The molecule has 0 bridgehead atoms. The molecule has 1 heterocycles. The Hall–Kier alpha value is -3.12. The van der Waals surface area contributed by atoms with Gasteiger partial charge in [-0.3, -0.25) is 9.36 Å². The van der Waals surface area contributed by atoms with Crippen LogP contribution < -0.4 is 11.5 Å². The van der Waals surface area contributed by atoms with E-state index in [2.05, 4.69) is 13.8 Å².